The van der Waals surface area contributed by atoms with Crippen molar-refractivity contribution in [3.8, 4) is 0 Å². The van der Waals surface area contributed by atoms with E-state index in [-0.39, 0.29) is 32.0 Å². The molecule has 0 aromatic rings. The largest absolute Gasteiger partial charge is 0.756 e. The van der Waals surface area contributed by atoms with Crippen LogP contribution in [0, 0.1) is 0 Å². The lowest BCUT2D eigenvalue weighted by Crippen LogP contribution is -2.37. The van der Waals surface area contributed by atoms with Crippen molar-refractivity contribution < 1.29 is 42.1 Å². The Hall–Kier alpha value is -2.29. The van der Waals surface area contributed by atoms with Gasteiger partial charge in [0.25, 0.3) is 7.82 Å². The number of carbonyl (C=O) groups is 2. The summed E-state index contributed by atoms with van der Waals surface area (Å²) in [5.41, 5.74) is 0. The molecule has 0 rings (SSSR count). The van der Waals surface area contributed by atoms with E-state index < -0.39 is 26.5 Å². The molecular weight excluding hydrogens is 966 g/mol. The molecule has 0 N–H and O–H groups in total. The Bertz CT molecular complexity index is 1470. The summed E-state index contributed by atoms with van der Waals surface area (Å²) in [6.45, 7) is 4.17. The maximum absolute atomic E-state index is 12.8. The normalized spacial score (nSPS) is 13.6. The zero-order valence-corrected chi connectivity index (χ0v) is 51.3. The summed E-state index contributed by atoms with van der Waals surface area (Å²) < 4.78 is 34.2. The standard InChI is InChI=1S/C66H122NO8P/c1-6-8-10-12-14-16-18-20-22-24-26-28-29-30-31-32-33-34-35-36-37-39-41-43-45-47-49-51-53-55-57-59-66(69)75-64(63-74-76(70,71)73-61-60-67(3,4)5)62-72-65(68)58-56-54-52-50-48-46-44-42-40-38-27-25-23-21-19-17-15-13-11-9-7-2/h8,10,14,16,20,22,25-28,64H,6-7,9,11-13,15,17-19,21,23-24,29-63H2,1-5H3/b10-8-,16-14-,22-20-,27-25-,28-26-. The first-order valence-corrected chi connectivity index (χ1v) is 33.5. The van der Waals surface area contributed by atoms with Gasteiger partial charge >= 0.3 is 11.9 Å². The number of phosphoric acid groups is 1. The summed E-state index contributed by atoms with van der Waals surface area (Å²) in [6, 6.07) is 0. The lowest BCUT2D eigenvalue weighted by molar-refractivity contribution is -0.870. The first-order valence-electron chi connectivity index (χ1n) is 32.0. The SMILES string of the molecule is CC/C=C\C/C=C\C/C=C\C/C=C\CCCCCCCCCCCCCCCCCCCCC(=O)OC(COC(=O)CCCCCCCCCCC/C=C\CCCCCCCCCC)COP(=O)([O-])OCC[N+](C)(C)C. The lowest BCUT2D eigenvalue weighted by atomic mass is 10.0. The molecule has 0 aliphatic rings. The molecule has 0 bridgehead atoms. The Morgan fingerprint density at radius 2 is 0.750 bits per heavy atom. The summed E-state index contributed by atoms with van der Waals surface area (Å²) >= 11 is 0. The van der Waals surface area contributed by atoms with Crippen LogP contribution in [0.25, 0.3) is 0 Å². The zero-order valence-electron chi connectivity index (χ0n) is 50.5. The third-order valence-electron chi connectivity index (χ3n) is 14.0. The van der Waals surface area contributed by atoms with Crippen LogP contribution in [0.5, 0.6) is 0 Å². The van der Waals surface area contributed by atoms with Crippen LogP contribution in [0.1, 0.15) is 296 Å². The highest BCUT2D eigenvalue weighted by Gasteiger charge is 2.22. The highest BCUT2D eigenvalue weighted by atomic mass is 31.2. The van der Waals surface area contributed by atoms with Crippen molar-refractivity contribution in [2.45, 2.75) is 302 Å². The van der Waals surface area contributed by atoms with Gasteiger partial charge in [-0.25, -0.2) is 0 Å². The summed E-state index contributed by atoms with van der Waals surface area (Å²) in [5, 5.41) is 0. The molecule has 0 aromatic carbocycles. The van der Waals surface area contributed by atoms with Crippen molar-refractivity contribution >= 4 is 19.8 Å². The second kappa shape index (κ2) is 57.4. The Morgan fingerprint density at radius 1 is 0.421 bits per heavy atom. The van der Waals surface area contributed by atoms with Crippen molar-refractivity contribution in [3.63, 3.8) is 0 Å². The highest BCUT2D eigenvalue weighted by molar-refractivity contribution is 7.45. The van der Waals surface area contributed by atoms with Crippen molar-refractivity contribution in [2.75, 3.05) is 47.5 Å². The molecule has 0 spiro atoms. The van der Waals surface area contributed by atoms with Gasteiger partial charge in [0, 0.05) is 12.8 Å². The molecule has 0 amide bonds. The first-order chi connectivity index (χ1) is 37.0. The Balaban J connectivity index is 4.06. The maximum atomic E-state index is 12.8. The van der Waals surface area contributed by atoms with Gasteiger partial charge in [0.2, 0.25) is 0 Å². The van der Waals surface area contributed by atoms with Gasteiger partial charge in [-0.1, -0.05) is 267 Å². The van der Waals surface area contributed by atoms with Gasteiger partial charge in [0.15, 0.2) is 6.10 Å². The minimum atomic E-state index is -4.64. The summed E-state index contributed by atoms with van der Waals surface area (Å²) in [6.07, 6.45) is 74.2. The van der Waals surface area contributed by atoms with Crippen LogP contribution in [-0.2, 0) is 32.7 Å². The number of ether oxygens (including phenoxy) is 2. The van der Waals surface area contributed by atoms with Crippen molar-refractivity contribution in [3.05, 3.63) is 60.8 Å². The molecule has 0 aliphatic carbocycles. The molecule has 2 unspecified atom stereocenters. The summed E-state index contributed by atoms with van der Waals surface area (Å²) in [4.78, 5) is 38.0. The average Bonchev–Trinajstić information content (AvgIpc) is 3.38. The van der Waals surface area contributed by atoms with Crippen LogP contribution in [0.4, 0.5) is 0 Å². The van der Waals surface area contributed by atoms with Gasteiger partial charge in [-0.15, -0.1) is 0 Å². The number of carbonyl (C=O) groups excluding carboxylic acids is 2. The van der Waals surface area contributed by atoms with Gasteiger partial charge in [0.1, 0.15) is 19.8 Å². The van der Waals surface area contributed by atoms with E-state index in [1.807, 2.05) is 21.1 Å². The molecule has 444 valence electrons. The molecular formula is C66H122NO8P. The topological polar surface area (TPSA) is 111 Å². The molecule has 10 heteroatoms. The molecule has 2 atom stereocenters. The predicted molar refractivity (Wildman–Crippen MR) is 323 cm³/mol. The third-order valence-corrected chi connectivity index (χ3v) is 15.0. The monoisotopic (exact) mass is 1090 g/mol. The van der Waals surface area contributed by atoms with Crippen LogP contribution >= 0.6 is 7.82 Å². The number of allylic oxidation sites excluding steroid dienone is 10. The summed E-state index contributed by atoms with van der Waals surface area (Å²) in [5.74, 6) is -0.823. The van der Waals surface area contributed by atoms with Crippen molar-refractivity contribution in [1.29, 1.82) is 0 Å². The highest BCUT2D eigenvalue weighted by Crippen LogP contribution is 2.38. The van der Waals surface area contributed by atoms with Gasteiger partial charge in [0.05, 0.1) is 27.7 Å². The van der Waals surface area contributed by atoms with E-state index in [9.17, 15) is 19.0 Å². The number of hydrogen-bond donors (Lipinski definition) is 0. The molecule has 0 saturated carbocycles. The van der Waals surface area contributed by atoms with E-state index in [0.29, 0.717) is 17.4 Å². The van der Waals surface area contributed by atoms with E-state index in [0.717, 1.165) is 64.2 Å². The lowest BCUT2D eigenvalue weighted by Gasteiger charge is -2.28. The third kappa shape index (κ3) is 60.9. The molecule has 9 nitrogen and oxygen atoms in total. The van der Waals surface area contributed by atoms with E-state index in [1.54, 1.807) is 0 Å². The number of hydrogen-bond acceptors (Lipinski definition) is 8. The minimum absolute atomic E-state index is 0.0306. The van der Waals surface area contributed by atoms with Crippen LogP contribution in [-0.4, -0.2) is 70.0 Å². The molecule has 0 aromatic heterocycles. The molecule has 0 aliphatic heterocycles. The van der Waals surface area contributed by atoms with E-state index in [1.165, 1.54) is 199 Å². The zero-order chi connectivity index (χ0) is 55.6. The quantitative estimate of drug-likeness (QED) is 0.0195. The number of nitrogens with zero attached hydrogens (tertiary/aromatic N) is 1. The number of quaternary nitrogens is 1. The van der Waals surface area contributed by atoms with Crippen molar-refractivity contribution in [1.82, 2.24) is 0 Å². The number of unbranched alkanes of at least 4 members (excludes halogenated alkanes) is 35. The Morgan fingerprint density at radius 3 is 1.13 bits per heavy atom. The molecule has 0 heterocycles. The fourth-order valence-electron chi connectivity index (χ4n) is 9.12. The molecule has 76 heavy (non-hydrogen) atoms. The number of rotatable bonds is 59. The number of phosphoric ester groups is 1. The van der Waals surface area contributed by atoms with E-state index >= 15 is 0 Å². The van der Waals surface area contributed by atoms with Gasteiger partial charge in [-0.3, -0.25) is 14.2 Å². The van der Waals surface area contributed by atoms with Gasteiger partial charge < -0.3 is 27.9 Å². The van der Waals surface area contributed by atoms with Gasteiger partial charge in [-0.05, 0) is 77.0 Å². The second-order valence-corrected chi connectivity index (χ2v) is 24.2. The molecule has 0 saturated heterocycles. The van der Waals surface area contributed by atoms with Crippen LogP contribution in [0.2, 0.25) is 0 Å². The Kier molecular flexibility index (Phi) is 55.7. The van der Waals surface area contributed by atoms with Crippen LogP contribution in [0.3, 0.4) is 0 Å². The smallest absolute Gasteiger partial charge is 0.306 e. The fourth-order valence-corrected chi connectivity index (χ4v) is 9.84. The molecule has 0 radical (unpaired) electrons. The molecule has 0 fully saturated rings. The van der Waals surface area contributed by atoms with E-state index in [2.05, 4.69) is 74.6 Å². The van der Waals surface area contributed by atoms with Gasteiger partial charge in [-0.2, -0.15) is 0 Å². The van der Waals surface area contributed by atoms with Crippen LogP contribution < -0.4 is 4.89 Å². The second-order valence-electron chi connectivity index (χ2n) is 22.7. The average molecular weight is 1090 g/mol. The minimum Gasteiger partial charge on any atom is -0.756 e. The predicted octanol–water partition coefficient (Wildman–Crippen LogP) is 19.6. The van der Waals surface area contributed by atoms with E-state index in [4.69, 9.17) is 18.5 Å². The van der Waals surface area contributed by atoms with Crippen LogP contribution in [0.15, 0.2) is 60.8 Å². The number of likely N-dealkylation sites (N-methyl/N-ethyl adjacent to an activating group) is 1. The fraction of sp³-hybridized carbons (Fsp3) is 0.818. The Labute approximate surface area is 470 Å². The first kappa shape index (κ1) is 73.7. The van der Waals surface area contributed by atoms with Crippen molar-refractivity contribution in [2.24, 2.45) is 0 Å². The maximum Gasteiger partial charge on any atom is 0.306 e. The number of esters is 2. The summed E-state index contributed by atoms with van der Waals surface area (Å²) in [7, 11) is 1.17.